The molecule has 0 spiro atoms. The molecule has 1 nitrogen and oxygen atoms in total. The monoisotopic (exact) mass is 201 g/mol. The van der Waals surface area contributed by atoms with Gasteiger partial charge in [-0.05, 0) is 37.9 Å². The largest absolute Gasteiger partial charge is 0.296 e. The number of likely N-dealkylation sites (N-methyl/N-ethyl adjacent to an activating group) is 1. The average Bonchev–Trinajstić information content (AvgIpc) is 2.26. The van der Waals surface area contributed by atoms with Crippen LogP contribution in [0.3, 0.4) is 0 Å². The molecular formula is C14H19N. The third-order valence-corrected chi connectivity index (χ3v) is 4.90. The van der Waals surface area contributed by atoms with Gasteiger partial charge in [0.15, 0.2) is 0 Å². The highest BCUT2D eigenvalue weighted by molar-refractivity contribution is 5.42. The summed E-state index contributed by atoms with van der Waals surface area (Å²) in [6, 6.07) is 10.4. The van der Waals surface area contributed by atoms with Gasteiger partial charge < -0.3 is 0 Å². The van der Waals surface area contributed by atoms with Crippen molar-refractivity contribution in [2.75, 3.05) is 7.05 Å². The highest BCUT2D eigenvalue weighted by Crippen LogP contribution is 2.52. The molecule has 15 heavy (non-hydrogen) atoms. The number of piperidine rings is 1. The summed E-state index contributed by atoms with van der Waals surface area (Å²) in [4.78, 5) is 2.56. The normalized spacial score (nSPS) is 39.1. The number of hydrogen-bond donors (Lipinski definition) is 0. The predicted molar refractivity (Wildman–Crippen MR) is 63.0 cm³/mol. The minimum absolute atomic E-state index is 0.375. The number of rotatable bonds is 0. The third-order valence-electron chi connectivity index (χ3n) is 4.90. The Kier molecular flexibility index (Phi) is 1.79. The molecule has 0 amide bonds. The maximum absolute atomic E-state index is 2.56. The Morgan fingerprint density at radius 1 is 1.33 bits per heavy atom. The smallest absolute Gasteiger partial charge is 0.0351 e. The first-order chi connectivity index (χ1) is 7.14. The molecule has 1 aromatic carbocycles. The molecule has 3 aliphatic rings. The zero-order valence-electron chi connectivity index (χ0n) is 9.83. The minimum atomic E-state index is 0.375. The van der Waals surface area contributed by atoms with Crippen LogP contribution >= 0.6 is 0 Å². The minimum Gasteiger partial charge on any atom is -0.296 e. The molecule has 2 bridgehead atoms. The summed E-state index contributed by atoms with van der Waals surface area (Å²) in [6.07, 6.45) is 2.68. The second kappa shape index (κ2) is 2.85. The van der Waals surface area contributed by atoms with E-state index in [0.29, 0.717) is 17.5 Å². The lowest BCUT2D eigenvalue weighted by Gasteiger charge is -2.56. The van der Waals surface area contributed by atoms with Crippen molar-refractivity contribution in [1.29, 1.82) is 0 Å². The first kappa shape index (κ1) is 9.41. The molecule has 3 unspecified atom stereocenters. The van der Waals surface area contributed by atoms with E-state index < -0.39 is 0 Å². The maximum Gasteiger partial charge on any atom is 0.0351 e. The van der Waals surface area contributed by atoms with Gasteiger partial charge in [0.25, 0.3) is 0 Å². The van der Waals surface area contributed by atoms with Crippen LogP contribution in [0.5, 0.6) is 0 Å². The van der Waals surface area contributed by atoms with E-state index in [1.165, 1.54) is 12.8 Å². The van der Waals surface area contributed by atoms with Crippen LogP contribution < -0.4 is 0 Å². The van der Waals surface area contributed by atoms with Crippen molar-refractivity contribution in [3.8, 4) is 0 Å². The maximum atomic E-state index is 2.56. The van der Waals surface area contributed by atoms with Gasteiger partial charge in [0, 0.05) is 17.5 Å². The molecule has 3 atom stereocenters. The molecule has 2 heterocycles. The van der Waals surface area contributed by atoms with Crippen molar-refractivity contribution >= 4 is 0 Å². The number of hydrogen-bond acceptors (Lipinski definition) is 1. The van der Waals surface area contributed by atoms with E-state index >= 15 is 0 Å². The SMILES string of the molecule is CC1N(C)C2CCC1(C)c1ccccc12. The van der Waals surface area contributed by atoms with E-state index in [2.05, 4.69) is 50.1 Å². The molecule has 1 fully saturated rings. The molecule has 2 aliphatic heterocycles. The van der Waals surface area contributed by atoms with Crippen LogP contribution in [0.2, 0.25) is 0 Å². The fourth-order valence-electron chi connectivity index (χ4n) is 3.61. The lowest BCUT2D eigenvalue weighted by atomic mass is 9.61. The molecule has 0 N–H and O–H groups in total. The highest BCUT2D eigenvalue weighted by Gasteiger charge is 2.48. The molecule has 1 aromatic rings. The molecule has 4 rings (SSSR count). The summed E-state index contributed by atoms with van der Waals surface area (Å²) < 4.78 is 0. The molecule has 1 aliphatic carbocycles. The van der Waals surface area contributed by atoms with Crippen LogP contribution in [0.15, 0.2) is 24.3 Å². The Labute approximate surface area is 92.1 Å². The molecule has 0 aromatic heterocycles. The lowest BCUT2D eigenvalue weighted by molar-refractivity contribution is 0.0362. The van der Waals surface area contributed by atoms with Gasteiger partial charge in [0.2, 0.25) is 0 Å². The van der Waals surface area contributed by atoms with E-state index in [9.17, 15) is 0 Å². The van der Waals surface area contributed by atoms with Gasteiger partial charge in [-0.2, -0.15) is 0 Å². The number of nitrogens with zero attached hydrogens (tertiary/aromatic N) is 1. The van der Waals surface area contributed by atoms with Crippen molar-refractivity contribution in [3.63, 3.8) is 0 Å². The van der Waals surface area contributed by atoms with Crippen molar-refractivity contribution in [1.82, 2.24) is 4.90 Å². The fourth-order valence-corrected chi connectivity index (χ4v) is 3.61. The van der Waals surface area contributed by atoms with Crippen LogP contribution in [-0.2, 0) is 5.41 Å². The van der Waals surface area contributed by atoms with Gasteiger partial charge in [0.1, 0.15) is 0 Å². The van der Waals surface area contributed by atoms with Crippen LogP contribution in [0.4, 0.5) is 0 Å². The van der Waals surface area contributed by atoms with E-state index in [1.807, 2.05) is 0 Å². The molecule has 0 saturated carbocycles. The van der Waals surface area contributed by atoms with Gasteiger partial charge in [-0.3, -0.25) is 4.90 Å². The molecular weight excluding hydrogens is 182 g/mol. The zero-order valence-corrected chi connectivity index (χ0v) is 9.83. The molecule has 80 valence electrons. The van der Waals surface area contributed by atoms with Gasteiger partial charge in [0.05, 0.1) is 0 Å². The van der Waals surface area contributed by atoms with Crippen LogP contribution in [-0.4, -0.2) is 18.0 Å². The van der Waals surface area contributed by atoms with Gasteiger partial charge in [-0.25, -0.2) is 0 Å². The topological polar surface area (TPSA) is 3.24 Å². The van der Waals surface area contributed by atoms with E-state index in [1.54, 1.807) is 11.1 Å². The van der Waals surface area contributed by atoms with E-state index in [4.69, 9.17) is 0 Å². The van der Waals surface area contributed by atoms with E-state index in [-0.39, 0.29) is 0 Å². The van der Waals surface area contributed by atoms with Crippen molar-refractivity contribution in [3.05, 3.63) is 35.4 Å². The summed E-state index contributed by atoms with van der Waals surface area (Å²) in [5.74, 6) is 0. The average molecular weight is 201 g/mol. The number of fused-ring (bicyclic) bond motifs is 2. The Morgan fingerprint density at radius 2 is 2.07 bits per heavy atom. The van der Waals surface area contributed by atoms with E-state index in [0.717, 1.165) is 0 Å². The molecule has 0 radical (unpaired) electrons. The summed E-state index contributed by atoms with van der Waals surface area (Å²) in [5.41, 5.74) is 3.55. The van der Waals surface area contributed by atoms with Gasteiger partial charge in [-0.15, -0.1) is 0 Å². The standard InChI is InChI=1S/C14H19N/c1-10-14(2)9-8-13(15(10)3)11-6-4-5-7-12(11)14/h4-7,10,13H,8-9H2,1-3H3. The van der Waals surface area contributed by atoms with Crippen molar-refractivity contribution in [2.45, 2.75) is 44.2 Å². The quantitative estimate of drug-likeness (QED) is 0.623. The van der Waals surface area contributed by atoms with Gasteiger partial charge in [-0.1, -0.05) is 31.2 Å². The Morgan fingerprint density at radius 3 is 2.87 bits per heavy atom. The predicted octanol–water partition coefficient (Wildman–Crippen LogP) is 3.11. The van der Waals surface area contributed by atoms with Crippen LogP contribution in [0.1, 0.15) is 43.9 Å². The summed E-state index contributed by atoms with van der Waals surface area (Å²) in [6.45, 7) is 4.81. The Balaban J connectivity index is 2.24. The Hall–Kier alpha value is -0.820. The summed E-state index contributed by atoms with van der Waals surface area (Å²) >= 11 is 0. The second-order valence-electron chi connectivity index (χ2n) is 5.40. The Bertz CT molecular complexity index is 398. The van der Waals surface area contributed by atoms with Crippen LogP contribution in [0, 0.1) is 0 Å². The highest BCUT2D eigenvalue weighted by atomic mass is 15.2. The number of benzene rings is 1. The molecule has 1 heteroatoms. The first-order valence-corrected chi connectivity index (χ1v) is 5.96. The fraction of sp³-hybridized carbons (Fsp3) is 0.571. The van der Waals surface area contributed by atoms with Crippen molar-refractivity contribution in [2.24, 2.45) is 0 Å². The van der Waals surface area contributed by atoms with Gasteiger partial charge >= 0.3 is 0 Å². The second-order valence-corrected chi connectivity index (χ2v) is 5.40. The van der Waals surface area contributed by atoms with Crippen LogP contribution in [0.25, 0.3) is 0 Å². The third kappa shape index (κ3) is 1.02. The first-order valence-electron chi connectivity index (χ1n) is 5.96. The van der Waals surface area contributed by atoms with Crippen molar-refractivity contribution < 1.29 is 0 Å². The zero-order chi connectivity index (χ0) is 10.6. The lowest BCUT2D eigenvalue weighted by Crippen LogP contribution is -2.55. The summed E-state index contributed by atoms with van der Waals surface area (Å²) in [7, 11) is 2.28. The summed E-state index contributed by atoms with van der Waals surface area (Å²) in [5, 5.41) is 0. The molecule has 1 saturated heterocycles.